The number of nitrogens with one attached hydrogen (secondary N) is 4. The number of H-pyrrole nitrogens is 2. The summed E-state index contributed by atoms with van der Waals surface area (Å²) in [6.45, 7) is 3.36. The first-order valence-corrected chi connectivity index (χ1v) is 16.9. The molecule has 2 atom stereocenters. The number of aromatic nitrogens is 3. The van der Waals surface area contributed by atoms with Gasteiger partial charge >= 0.3 is 12.1 Å². The fourth-order valence-electron chi connectivity index (χ4n) is 5.56. The SMILES string of the molecule is CC(c1c[nH]c(=O)c2c(F)c(F)ccc12)N(C)C(=O)Nc1cc(Cl)c(F)c(Cl)c1.CC(c1c[nH]c(=O)c2c(F)c(F)ccc12)N(C)C(=O)Nc1cccnc1. The number of rotatable bonds is 6. The average molecular weight is 803 g/mol. The minimum absolute atomic E-state index is 0.171. The molecule has 0 spiro atoms. The molecule has 55 heavy (non-hydrogen) atoms. The van der Waals surface area contributed by atoms with E-state index >= 15 is 0 Å². The van der Waals surface area contributed by atoms with Crippen molar-refractivity contribution in [3.63, 3.8) is 0 Å². The highest BCUT2D eigenvalue weighted by molar-refractivity contribution is 6.35. The van der Waals surface area contributed by atoms with Crippen molar-refractivity contribution in [3.05, 3.63) is 144 Å². The molecule has 0 saturated carbocycles. The van der Waals surface area contributed by atoms with E-state index in [0.717, 1.165) is 12.1 Å². The summed E-state index contributed by atoms with van der Waals surface area (Å²) in [5, 5.41) is 4.33. The van der Waals surface area contributed by atoms with Crippen molar-refractivity contribution in [2.45, 2.75) is 25.9 Å². The summed E-state index contributed by atoms with van der Waals surface area (Å²) >= 11 is 11.4. The van der Waals surface area contributed by atoms with Crippen LogP contribution in [-0.2, 0) is 0 Å². The molecule has 11 nitrogen and oxygen atoms in total. The van der Waals surface area contributed by atoms with Crippen LogP contribution in [0.3, 0.4) is 0 Å². The molecule has 2 unspecified atom stereocenters. The van der Waals surface area contributed by atoms with Gasteiger partial charge in [0.2, 0.25) is 0 Å². The Balaban J connectivity index is 0.000000212. The van der Waals surface area contributed by atoms with Crippen molar-refractivity contribution in [1.29, 1.82) is 0 Å². The number of aromatic amines is 2. The number of carbonyl (C=O) groups is 2. The van der Waals surface area contributed by atoms with Crippen LogP contribution in [0.2, 0.25) is 10.0 Å². The maximum Gasteiger partial charge on any atom is 0.322 e. The number of benzene rings is 3. The Morgan fingerprint density at radius 3 is 1.55 bits per heavy atom. The second-order valence-corrected chi connectivity index (χ2v) is 13.0. The van der Waals surface area contributed by atoms with Gasteiger partial charge in [0.25, 0.3) is 11.1 Å². The molecule has 0 aliphatic rings. The lowest BCUT2D eigenvalue weighted by molar-refractivity contribution is 0.208. The van der Waals surface area contributed by atoms with Crippen LogP contribution in [0.4, 0.5) is 42.9 Å². The number of hydrogen-bond donors (Lipinski definition) is 4. The van der Waals surface area contributed by atoms with Gasteiger partial charge in [-0.3, -0.25) is 14.6 Å². The fourth-order valence-corrected chi connectivity index (χ4v) is 6.05. The van der Waals surface area contributed by atoms with Gasteiger partial charge in [-0.2, -0.15) is 0 Å². The van der Waals surface area contributed by atoms with E-state index in [-0.39, 0.29) is 31.9 Å². The molecule has 6 aromatic rings. The normalized spacial score (nSPS) is 12.1. The fraction of sp³-hybridized carbons (Fsp3) is 0.162. The van der Waals surface area contributed by atoms with Gasteiger partial charge in [-0.05, 0) is 72.1 Å². The molecule has 0 saturated heterocycles. The highest BCUT2D eigenvalue weighted by Crippen LogP contribution is 2.31. The summed E-state index contributed by atoms with van der Waals surface area (Å²) < 4.78 is 68.7. The van der Waals surface area contributed by atoms with Crippen LogP contribution >= 0.6 is 23.2 Å². The van der Waals surface area contributed by atoms with E-state index in [0.29, 0.717) is 16.8 Å². The van der Waals surface area contributed by atoms with Crippen LogP contribution in [0, 0.1) is 29.1 Å². The molecule has 0 fully saturated rings. The smallest absolute Gasteiger partial charge is 0.322 e. The Morgan fingerprint density at radius 1 is 0.691 bits per heavy atom. The molecular formula is C37H30Cl2F5N7O4. The van der Waals surface area contributed by atoms with Crippen molar-refractivity contribution >= 4 is 68.2 Å². The highest BCUT2D eigenvalue weighted by atomic mass is 35.5. The number of hydrogen-bond acceptors (Lipinski definition) is 5. The zero-order valence-electron chi connectivity index (χ0n) is 29.2. The maximum absolute atomic E-state index is 14.1. The topological polar surface area (TPSA) is 143 Å². The number of carbonyl (C=O) groups excluding carboxylic acids is 2. The molecule has 3 aromatic heterocycles. The summed E-state index contributed by atoms with van der Waals surface area (Å²) in [5.74, 6) is -5.53. The lowest BCUT2D eigenvalue weighted by Gasteiger charge is -2.26. The minimum Gasteiger partial charge on any atom is -0.328 e. The standard InChI is InChI=1S/C19H14Cl2F3N3O2.C18H16F2N4O2/c1-8(11-7-25-18(28)15-10(11)3-4-14(22)17(15)24)27(2)19(29)26-9-5-12(20)16(23)13(21)6-9;1-10(24(2)18(26)23-11-4-3-7-21-8-11)13-9-22-17(25)15-12(13)5-6-14(19)16(15)20/h3-8H,1-2H3,(H,25,28)(H,26,29);3-10H,1-2H3,(H,22,25)(H,23,26). The molecule has 0 aliphatic carbocycles. The lowest BCUT2D eigenvalue weighted by Crippen LogP contribution is -2.34. The zero-order chi connectivity index (χ0) is 40.3. The van der Waals surface area contributed by atoms with E-state index in [9.17, 15) is 41.1 Å². The predicted molar refractivity (Wildman–Crippen MR) is 200 cm³/mol. The van der Waals surface area contributed by atoms with Crippen molar-refractivity contribution in [1.82, 2.24) is 24.8 Å². The van der Waals surface area contributed by atoms with E-state index in [1.165, 1.54) is 59.7 Å². The molecule has 0 radical (unpaired) electrons. The van der Waals surface area contributed by atoms with Crippen molar-refractivity contribution in [2.24, 2.45) is 0 Å². The second-order valence-electron chi connectivity index (χ2n) is 12.1. The maximum atomic E-state index is 14.1. The third-order valence-electron chi connectivity index (χ3n) is 8.83. The Morgan fingerprint density at radius 2 is 1.13 bits per heavy atom. The summed E-state index contributed by atoms with van der Waals surface area (Å²) in [6, 6.07) is 8.09. The number of pyridine rings is 3. The van der Waals surface area contributed by atoms with Crippen molar-refractivity contribution in [3.8, 4) is 0 Å². The van der Waals surface area contributed by atoms with Gasteiger partial charge < -0.3 is 30.4 Å². The van der Waals surface area contributed by atoms with Crippen molar-refractivity contribution in [2.75, 3.05) is 24.7 Å². The molecule has 0 aliphatic heterocycles. The van der Waals surface area contributed by atoms with E-state index in [1.54, 1.807) is 39.2 Å². The number of anilines is 2. The molecule has 18 heteroatoms. The van der Waals surface area contributed by atoms with Crippen LogP contribution in [0.15, 0.2) is 82.9 Å². The first-order valence-electron chi connectivity index (χ1n) is 16.1. The van der Waals surface area contributed by atoms with Gasteiger partial charge in [0.15, 0.2) is 29.1 Å². The first-order chi connectivity index (χ1) is 26.0. The molecule has 3 aromatic carbocycles. The number of nitrogens with zero attached hydrogens (tertiary/aromatic N) is 3. The monoisotopic (exact) mass is 801 g/mol. The molecule has 3 heterocycles. The van der Waals surface area contributed by atoms with Crippen molar-refractivity contribution < 1.29 is 31.5 Å². The van der Waals surface area contributed by atoms with E-state index in [4.69, 9.17) is 23.2 Å². The Kier molecular flexibility index (Phi) is 12.1. The first kappa shape index (κ1) is 40.2. The van der Waals surface area contributed by atoms with Crippen LogP contribution < -0.4 is 21.8 Å². The minimum atomic E-state index is -1.26. The van der Waals surface area contributed by atoms with Crippen LogP contribution in [0.5, 0.6) is 0 Å². The van der Waals surface area contributed by atoms with Gasteiger partial charge in [0.1, 0.15) is 0 Å². The zero-order valence-corrected chi connectivity index (χ0v) is 30.7. The average Bonchev–Trinajstić information content (AvgIpc) is 3.16. The quantitative estimate of drug-likeness (QED) is 0.0983. The largest absolute Gasteiger partial charge is 0.328 e. The summed E-state index contributed by atoms with van der Waals surface area (Å²) in [5.41, 5.74) is 0.0700. The van der Waals surface area contributed by atoms with Crippen LogP contribution in [-0.4, -0.2) is 50.9 Å². The van der Waals surface area contributed by atoms with Gasteiger partial charge in [0, 0.05) is 38.4 Å². The summed E-state index contributed by atoms with van der Waals surface area (Å²) in [6.07, 6.45) is 5.83. The molecule has 6 rings (SSSR count). The molecule has 0 bridgehead atoms. The third kappa shape index (κ3) is 8.39. The number of halogens is 7. The molecular weight excluding hydrogens is 772 g/mol. The lowest BCUT2D eigenvalue weighted by atomic mass is 10.0. The van der Waals surface area contributed by atoms with Gasteiger partial charge in [-0.15, -0.1) is 0 Å². The summed E-state index contributed by atoms with van der Waals surface area (Å²) in [4.78, 5) is 60.2. The van der Waals surface area contributed by atoms with Gasteiger partial charge in [0.05, 0.1) is 44.8 Å². The predicted octanol–water partition coefficient (Wildman–Crippen LogP) is 8.90. The Labute approximate surface area is 318 Å². The number of amides is 4. The van der Waals surface area contributed by atoms with E-state index < -0.39 is 69.7 Å². The highest BCUT2D eigenvalue weighted by Gasteiger charge is 2.24. The van der Waals surface area contributed by atoms with Gasteiger partial charge in [-0.25, -0.2) is 31.5 Å². The van der Waals surface area contributed by atoms with Gasteiger partial charge in [-0.1, -0.05) is 35.3 Å². The Bertz CT molecular complexity index is 2530. The third-order valence-corrected chi connectivity index (χ3v) is 9.38. The molecule has 286 valence electrons. The molecule has 4 amide bonds. The van der Waals surface area contributed by atoms with Crippen LogP contribution in [0.1, 0.15) is 37.1 Å². The second kappa shape index (κ2) is 16.6. The summed E-state index contributed by atoms with van der Waals surface area (Å²) in [7, 11) is 3.02. The van der Waals surface area contributed by atoms with Crippen LogP contribution in [0.25, 0.3) is 21.5 Å². The number of urea groups is 2. The molecule has 4 N–H and O–H groups in total. The van der Waals surface area contributed by atoms with E-state index in [1.807, 2.05) is 0 Å². The Hall–Kier alpha value is -6.00. The van der Waals surface area contributed by atoms with E-state index in [2.05, 4.69) is 25.6 Å². The number of fused-ring (bicyclic) bond motifs is 2.